The maximum Gasteiger partial charge on any atom is 0.462 e. The fraction of sp³-hybridized carbons (Fsp3) is 0.542. The average Bonchev–Trinajstić information content (AvgIpc) is 3.10. The van der Waals surface area contributed by atoms with E-state index in [0.29, 0.717) is 11.0 Å². The fourth-order valence-electron chi connectivity index (χ4n) is 3.97. The summed E-state index contributed by atoms with van der Waals surface area (Å²) in [6.07, 6.45) is -1.40. The summed E-state index contributed by atoms with van der Waals surface area (Å²) >= 11 is 0. The number of rotatable bonds is 12. The van der Waals surface area contributed by atoms with Crippen molar-refractivity contribution in [2.24, 2.45) is 11.8 Å². The molecule has 1 aliphatic heterocycles. The summed E-state index contributed by atoms with van der Waals surface area (Å²) < 4.78 is 48.6. The summed E-state index contributed by atoms with van der Waals surface area (Å²) in [6, 6.07) is 7.64. The molecule has 38 heavy (non-hydrogen) atoms. The fourth-order valence-corrected chi connectivity index (χ4v) is 6.00. The number of aromatic amines is 1. The summed E-state index contributed by atoms with van der Waals surface area (Å²) in [5.74, 6) is -5.37. The lowest BCUT2D eigenvalue weighted by molar-refractivity contribution is -0.221. The molecule has 3 rings (SSSR count). The lowest BCUT2D eigenvalue weighted by atomic mass is 10.0. The van der Waals surface area contributed by atoms with Gasteiger partial charge in [-0.05, 0) is 25.0 Å². The monoisotopic (exact) mass is 557 g/mol. The number of hydrogen-bond acceptors (Lipinski definition) is 8. The predicted octanol–water partition coefficient (Wildman–Crippen LogP) is 2.54. The van der Waals surface area contributed by atoms with Crippen molar-refractivity contribution in [2.75, 3.05) is 13.2 Å². The highest BCUT2D eigenvalue weighted by Crippen LogP contribution is 2.54. The van der Waals surface area contributed by atoms with Gasteiger partial charge in [0.05, 0.1) is 18.6 Å². The van der Waals surface area contributed by atoms with Crippen LogP contribution < -0.4 is 15.8 Å². The van der Waals surface area contributed by atoms with Crippen LogP contribution in [0.15, 0.2) is 52.2 Å². The molecule has 2 aromatic rings. The molecule has 12 nitrogen and oxygen atoms in total. The standard InChI is InChI=1S/C24H33FN3O9P/c1-5-15(2)13-28(17(4)22(31)32)38(34,37-18-9-7-6-8-10-18)35-14-19-21(30)16(3)24(25,36-19)27-12-11-20(29)26-23(27)33/h6-12,15-17,19,21,30H,5,13-14H2,1-4H3,(H,31,32)(H,26,29,33)/t15?,16-,17+,19+,21-,24-,38+/m0/s1. The van der Waals surface area contributed by atoms with Crippen LogP contribution in [0.3, 0.4) is 0 Å². The van der Waals surface area contributed by atoms with Crippen molar-refractivity contribution in [1.29, 1.82) is 0 Å². The zero-order valence-electron chi connectivity index (χ0n) is 21.5. The lowest BCUT2D eigenvalue weighted by Gasteiger charge is -2.34. The van der Waals surface area contributed by atoms with Crippen LogP contribution in [0.2, 0.25) is 0 Å². The maximum absolute atomic E-state index is 15.9. The van der Waals surface area contributed by atoms with Gasteiger partial charge >= 0.3 is 25.4 Å². The number of nitrogens with one attached hydrogen (secondary N) is 1. The van der Waals surface area contributed by atoms with Crippen LogP contribution in [0.5, 0.6) is 5.75 Å². The van der Waals surface area contributed by atoms with E-state index in [2.05, 4.69) is 0 Å². The van der Waals surface area contributed by atoms with Gasteiger partial charge in [-0.2, -0.15) is 9.06 Å². The second-order valence-corrected chi connectivity index (χ2v) is 11.2. The minimum Gasteiger partial charge on any atom is -0.480 e. The van der Waals surface area contributed by atoms with Crippen molar-refractivity contribution in [1.82, 2.24) is 14.2 Å². The number of halogens is 1. The Labute approximate surface area is 218 Å². The molecular weight excluding hydrogens is 524 g/mol. The first kappa shape index (κ1) is 29.7. The van der Waals surface area contributed by atoms with Gasteiger partial charge in [0.25, 0.3) is 5.56 Å². The Bertz CT molecular complexity index is 1270. The summed E-state index contributed by atoms with van der Waals surface area (Å²) in [5.41, 5.74) is -1.83. The zero-order chi connectivity index (χ0) is 28.3. The van der Waals surface area contributed by atoms with Crippen molar-refractivity contribution in [3.8, 4) is 5.75 Å². The van der Waals surface area contributed by atoms with Crippen LogP contribution in [-0.4, -0.2) is 61.8 Å². The molecule has 0 spiro atoms. The van der Waals surface area contributed by atoms with Crippen molar-refractivity contribution < 1.29 is 37.7 Å². The van der Waals surface area contributed by atoms with Crippen molar-refractivity contribution in [3.05, 3.63) is 63.4 Å². The summed E-state index contributed by atoms with van der Waals surface area (Å²) in [7, 11) is -4.43. The van der Waals surface area contributed by atoms with Gasteiger partial charge in [0.1, 0.15) is 17.9 Å². The minimum absolute atomic E-state index is 0.0401. The molecule has 1 aliphatic rings. The first-order valence-corrected chi connectivity index (χ1v) is 13.7. The van der Waals surface area contributed by atoms with Gasteiger partial charge < -0.3 is 19.5 Å². The normalized spacial score (nSPS) is 26.6. The van der Waals surface area contributed by atoms with E-state index in [-0.39, 0.29) is 18.2 Å². The molecule has 0 amide bonds. The van der Waals surface area contributed by atoms with E-state index >= 15 is 4.39 Å². The predicted molar refractivity (Wildman–Crippen MR) is 134 cm³/mol. The number of aliphatic carboxylic acids is 1. The minimum atomic E-state index is -4.43. The number of aromatic nitrogens is 2. The van der Waals surface area contributed by atoms with Crippen LogP contribution >= 0.6 is 7.75 Å². The Balaban J connectivity index is 1.93. The molecule has 0 aliphatic carbocycles. The van der Waals surface area contributed by atoms with Crippen molar-refractivity contribution in [2.45, 2.75) is 58.3 Å². The number of para-hydroxylation sites is 1. The second kappa shape index (κ2) is 11.9. The zero-order valence-corrected chi connectivity index (χ0v) is 22.4. The smallest absolute Gasteiger partial charge is 0.462 e. The average molecular weight is 558 g/mol. The molecule has 210 valence electrons. The molecule has 0 bridgehead atoms. The number of ether oxygens (including phenoxy) is 1. The van der Waals surface area contributed by atoms with Gasteiger partial charge in [-0.25, -0.2) is 13.9 Å². The summed E-state index contributed by atoms with van der Waals surface area (Å²) in [4.78, 5) is 37.5. The number of aliphatic hydroxyl groups is 1. The van der Waals surface area contributed by atoms with E-state index in [1.165, 1.54) is 26.0 Å². The second-order valence-electron chi connectivity index (χ2n) is 9.34. The molecule has 1 fully saturated rings. The maximum atomic E-state index is 15.9. The highest BCUT2D eigenvalue weighted by atomic mass is 31.2. The van der Waals surface area contributed by atoms with Crippen LogP contribution in [0, 0.1) is 11.8 Å². The molecule has 0 saturated carbocycles. The lowest BCUT2D eigenvalue weighted by Crippen LogP contribution is -2.44. The topological polar surface area (TPSA) is 160 Å². The molecule has 1 unspecified atom stereocenters. The van der Waals surface area contributed by atoms with Gasteiger partial charge in [0.2, 0.25) is 0 Å². The van der Waals surface area contributed by atoms with Gasteiger partial charge in [0.15, 0.2) is 0 Å². The van der Waals surface area contributed by atoms with Crippen LogP contribution in [0.1, 0.15) is 34.1 Å². The van der Waals surface area contributed by atoms with E-state index < -0.39 is 61.7 Å². The van der Waals surface area contributed by atoms with E-state index in [9.17, 15) is 29.2 Å². The van der Waals surface area contributed by atoms with E-state index in [1.807, 2.05) is 18.8 Å². The van der Waals surface area contributed by atoms with Gasteiger partial charge in [0, 0.05) is 18.8 Å². The van der Waals surface area contributed by atoms with Gasteiger partial charge in [-0.3, -0.25) is 19.1 Å². The number of aliphatic hydroxyl groups excluding tert-OH is 1. The third-order valence-electron chi connectivity index (χ3n) is 6.60. The Morgan fingerprint density at radius 2 is 1.95 bits per heavy atom. The Morgan fingerprint density at radius 3 is 2.53 bits per heavy atom. The van der Waals surface area contributed by atoms with E-state index in [0.717, 1.165) is 16.9 Å². The first-order chi connectivity index (χ1) is 17.8. The number of benzene rings is 1. The molecular formula is C24H33FN3O9P. The molecule has 1 aromatic heterocycles. The number of carboxylic acids is 1. The number of carbonyl (C=O) groups is 1. The Kier molecular flexibility index (Phi) is 9.32. The molecule has 0 radical (unpaired) electrons. The highest BCUT2D eigenvalue weighted by molar-refractivity contribution is 7.51. The summed E-state index contributed by atoms with van der Waals surface area (Å²) in [6.45, 7) is 5.75. The molecule has 1 saturated heterocycles. The number of nitrogens with zero attached hydrogens (tertiary/aromatic N) is 2. The largest absolute Gasteiger partial charge is 0.480 e. The molecule has 7 atom stereocenters. The van der Waals surface area contributed by atoms with E-state index in [1.54, 1.807) is 18.2 Å². The van der Waals surface area contributed by atoms with E-state index in [4.69, 9.17) is 13.8 Å². The van der Waals surface area contributed by atoms with Crippen LogP contribution in [0.4, 0.5) is 4.39 Å². The molecule has 3 N–H and O–H groups in total. The van der Waals surface area contributed by atoms with Crippen molar-refractivity contribution in [3.63, 3.8) is 0 Å². The molecule has 14 heteroatoms. The van der Waals surface area contributed by atoms with Crippen LogP contribution in [-0.2, 0) is 24.6 Å². The van der Waals surface area contributed by atoms with Gasteiger partial charge in [-0.15, -0.1) is 0 Å². The molecule has 1 aromatic carbocycles. The SMILES string of the molecule is CCC(C)CN([C@H](C)C(=O)O)[P@@](=O)(OC[C@H]1O[C@@](F)(n2ccc(=O)[nH]c2=O)[C@@H](C)[C@@H]1O)Oc1ccccc1. The number of hydrogen-bond donors (Lipinski definition) is 3. The Morgan fingerprint density at radius 1 is 1.29 bits per heavy atom. The van der Waals surface area contributed by atoms with Crippen molar-refractivity contribution >= 4 is 13.7 Å². The van der Waals surface area contributed by atoms with Crippen LogP contribution in [0.25, 0.3) is 0 Å². The molecule has 2 heterocycles. The third kappa shape index (κ3) is 6.24. The number of alkyl halides is 1. The summed E-state index contributed by atoms with van der Waals surface area (Å²) in [5, 5.41) is 20.5. The quantitative estimate of drug-likeness (QED) is 0.331. The third-order valence-corrected chi connectivity index (χ3v) is 8.66. The number of H-pyrrole nitrogens is 1. The highest BCUT2D eigenvalue weighted by Gasteiger charge is 2.56. The number of carboxylic acid groups (broad SMARTS) is 1. The Hall–Kier alpha value is -2.83. The first-order valence-electron chi connectivity index (χ1n) is 12.2. The van der Waals surface area contributed by atoms with Gasteiger partial charge in [-0.1, -0.05) is 45.4 Å².